The molecular formula is C31H37ClN4O4. The monoisotopic (exact) mass is 564 g/mol. The summed E-state index contributed by atoms with van der Waals surface area (Å²) in [5, 5.41) is 0. The molecule has 212 valence electrons. The Kier molecular flexibility index (Phi) is 11.1. The number of amides is 3. The molecule has 1 saturated heterocycles. The van der Waals surface area contributed by atoms with E-state index in [9.17, 15) is 14.4 Å². The first kappa shape index (κ1) is 30.6. The molecule has 4 rings (SSSR count). The molecule has 0 aliphatic carbocycles. The van der Waals surface area contributed by atoms with Gasteiger partial charge in [0.05, 0.1) is 31.1 Å². The summed E-state index contributed by atoms with van der Waals surface area (Å²) in [6.07, 6.45) is 8.01. The van der Waals surface area contributed by atoms with E-state index in [0.717, 1.165) is 54.7 Å². The highest BCUT2D eigenvalue weighted by atomic mass is 35.5. The number of nitrogens with zero attached hydrogens (tertiary/aromatic N) is 4. The molecule has 0 saturated carbocycles. The van der Waals surface area contributed by atoms with Gasteiger partial charge in [-0.3, -0.25) is 14.6 Å². The third kappa shape index (κ3) is 6.99. The zero-order valence-electron chi connectivity index (χ0n) is 23.3. The quantitative estimate of drug-likeness (QED) is 0.151. The number of methoxy groups -OCH3 is 1. The molecule has 3 aromatic rings. The molecule has 3 amide bonds. The van der Waals surface area contributed by atoms with E-state index in [1.165, 1.54) is 12.0 Å². The van der Waals surface area contributed by atoms with Gasteiger partial charge >= 0.3 is 12.0 Å². The first-order valence-corrected chi connectivity index (χ1v) is 13.6. The summed E-state index contributed by atoms with van der Waals surface area (Å²) < 4.78 is 6.90. The van der Waals surface area contributed by atoms with Crippen molar-refractivity contribution < 1.29 is 19.1 Å². The van der Waals surface area contributed by atoms with Crippen molar-refractivity contribution in [2.75, 3.05) is 13.7 Å². The zero-order valence-corrected chi connectivity index (χ0v) is 24.2. The number of imidazole rings is 1. The minimum absolute atomic E-state index is 0. The maximum absolute atomic E-state index is 13.5. The fourth-order valence-corrected chi connectivity index (χ4v) is 4.61. The number of carbonyl (C=O) groups is 3. The number of aromatic nitrogens is 2. The smallest absolute Gasteiger partial charge is 0.337 e. The van der Waals surface area contributed by atoms with E-state index in [2.05, 4.69) is 16.5 Å². The van der Waals surface area contributed by atoms with Crippen LogP contribution in [0.1, 0.15) is 72.5 Å². The first-order valence-electron chi connectivity index (χ1n) is 13.6. The molecule has 1 aliphatic rings. The van der Waals surface area contributed by atoms with Crippen LogP contribution in [0.15, 0.2) is 66.5 Å². The third-order valence-electron chi connectivity index (χ3n) is 6.86. The van der Waals surface area contributed by atoms with Gasteiger partial charge in [0.2, 0.25) is 0 Å². The van der Waals surface area contributed by atoms with Gasteiger partial charge in [-0.25, -0.2) is 14.6 Å². The molecule has 0 spiro atoms. The van der Waals surface area contributed by atoms with Crippen LogP contribution >= 0.6 is 12.4 Å². The Morgan fingerprint density at radius 3 is 2.23 bits per heavy atom. The zero-order chi connectivity index (χ0) is 27.8. The fourth-order valence-electron chi connectivity index (χ4n) is 4.61. The second-order valence-electron chi connectivity index (χ2n) is 9.67. The third-order valence-corrected chi connectivity index (χ3v) is 6.86. The molecule has 1 aliphatic heterocycles. The lowest BCUT2D eigenvalue weighted by Crippen LogP contribution is -2.33. The number of esters is 1. The number of rotatable bonds is 12. The van der Waals surface area contributed by atoms with Gasteiger partial charge in [0.15, 0.2) is 0 Å². The molecule has 2 heterocycles. The minimum atomic E-state index is -0.381. The highest BCUT2D eigenvalue weighted by molar-refractivity contribution is 6.13. The van der Waals surface area contributed by atoms with Crippen LogP contribution in [0.5, 0.6) is 0 Å². The van der Waals surface area contributed by atoms with Crippen molar-refractivity contribution in [3.05, 3.63) is 94.7 Å². The number of unbranched alkanes of at least 4 members (excludes halogenated alkanes) is 2. The van der Waals surface area contributed by atoms with Crippen LogP contribution in [-0.4, -0.2) is 50.9 Å². The predicted molar refractivity (Wildman–Crippen MR) is 157 cm³/mol. The SMILES string of the molecule is CCCCc1ncc(C=C2C(=O)N(CCCC)C(=O)N2Cc2ccccc2)n1Cc1ccc(C(=O)OC)cc1.Cl. The number of carbonyl (C=O) groups excluding carboxylic acids is 3. The van der Waals surface area contributed by atoms with Crippen LogP contribution in [0.4, 0.5) is 4.79 Å². The molecule has 1 aromatic heterocycles. The van der Waals surface area contributed by atoms with Crippen molar-refractivity contribution in [1.82, 2.24) is 19.4 Å². The molecule has 0 atom stereocenters. The van der Waals surface area contributed by atoms with Gasteiger partial charge in [-0.15, -0.1) is 12.4 Å². The lowest BCUT2D eigenvalue weighted by atomic mass is 10.1. The Morgan fingerprint density at radius 1 is 0.900 bits per heavy atom. The normalized spacial score (nSPS) is 14.1. The van der Waals surface area contributed by atoms with Crippen LogP contribution < -0.4 is 0 Å². The topological polar surface area (TPSA) is 84.7 Å². The van der Waals surface area contributed by atoms with Gasteiger partial charge in [-0.2, -0.15) is 0 Å². The van der Waals surface area contributed by atoms with E-state index in [-0.39, 0.29) is 30.3 Å². The number of imide groups is 1. The van der Waals surface area contributed by atoms with Gasteiger partial charge in [0, 0.05) is 19.5 Å². The predicted octanol–water partition coefficient (Wildman–Crippen LogP) is 6.09. The lowest BCUT2D eigenvalue weighted by molar-refractivity contribution is -0.123. The number of hydrogen-bond donors (Lipinski definition) is 0. The Labute approximate surface area is 242 Å². The Hall–Kier alpha value is -3.91. The van der Waals surface area contributed by atoms with Crippen molar-refractivity contribution in [3.8, 4) is 0 Å². The molecule has 0 N–H and O–H groups in total. The summed E-state index contributed by atoms with van der Waals surface area (Å²) in [6, 6.07) is 16.7. The molecule has 40 heavy (non-hydrogen) atoms. The van der Waals surface area contributed by atoms with Gasteiger partial charge in [0.1, 0.15) is 11.5 Å². The molecule has 2 aromatic carbocycles. The summed E-state index contributed by atoms with van der Waals surface area (Å²) in [5.41, 5.74) is 3.52. The lowest BCUT2D eigenvalue weighted by Gasteiger charge is -2.17. The second kappa shape index (κ2) is 14.5. The number of benzene rings is 2. The summed E-state index contributed by atoms with van der Waals surface area (Å²) in [7, 11) is 1.36. The summed E-state index contributed by atoms with van der Waals surface area (Å²) in [5.74, 6) is 0.249. The van der Waals surface area contributed by atoms with Gasteiger partial charge < -0.3 is 9.30 Å². The highest BCUT2D eigenvalue weighted by Gasteiger charge is 2.40. The number of ether oxygens (including phenoxy) is 1. The van der Waals surface area contributed by atoms with Gasteiger partial charge in [0.25, 0.3) is 5.91 Å². The van der Waals surface area contributed by atoms with E-state index in [1.54, 1.807) is 29.3 Å². The molecule has 0 bridgehead atoms. The van der Waals surface area contributed by atoms with Crippen LogP contribution in [0.3, 0.4) is 0 Å². The Morgan fingerprint density at radius 2 is 1.57 bits per heavy atom. The molecule has 1 fully saturated rings. The number of halogens is 1. The molecule has 8 nitrogen and oxygen atoms in total. The average Bonchev–Trinajstić information content (AvgIpc) is 3.43. The number of hydrogen-bond acceptors (Lipinski definition) is 5. The standard InChI is InChI=1S/C31H36N4O4.ClH/c1-4-6-13-28-32-20-26(34(28)21-24-14-16-25(17-15-24)30(37)39-3)19-27-29(36)33(18-7-5-2)31(38)35(27)22-23-11-9-8-10-12-23;/h8-12,14-17,19-20H,4-7,13,18,21-22H2,1-3H3;1H. The maximum atomic E-state index is 13.5. The number of urea groups is 1. The van der Waals surface area contributed by atoms with Crippen LogP contribution in [-0.2, 0) is 29.0 Å². The molecule has 0 radical (unpaired) electrons. The summed E-state index contributed by atoms with van der Waals surface area (Å²) in [4.78, 5) is 46.4. The maximum Gasteiger partial charge on any atom is 0.337 e. The van der Waals surface area contributed by atoms with Crippen LogP contribution in [0.2, 0.25) is 0 Å². The van der Waals surface area contributed by atoms with E-state index >= 15 is 0 Å². The summed E-state index contributed by atoms with van der Waals surface area (Å²) >= 11 is 0. The van der Waals surface area contributed by atoms with E-state index in [0.29, 0.717) is 30.9 Å². The number of aryl methyl sites for hydroxylation is 1. The first-order chi connectivity index (χ1) is 19.0. The molecule has 9 heteroatoms. The Bertz CT molecular complexity index is 1340. The second-order valence-corrected chi connectivity index (χ2v) is 9.67. The highest BCUT2D eigenvalue weighted by Crippen LogP contribution is 2.27. The Balaban J connectivity index is 0.00000441. The van der Waals surface area contributed by atoms with E-state index < -0.39 is 0 Å². The van der Waals surface area contributed by atoms with Crippen LogP contribution in [0.25, 0.3) is 6.08 Å². The van der Waals surface area contributed by atoms with Crippen molar-refractivity contribution in [2.45, 2.75) is 59.0 Å². The largest absolute Gasteiger partial charge is 0.465 e. The van der Waals surface area contributed by atoms with Crippen molar-refractivity contribution >= 4 is 36.4 Å². The van der Waals surface area contributed by atoms with Crippen LogP contribution in [0, 0.1) is 0 Å². The fraction of sp³-hybridized carbons (Fsp3) is 0.355. The van der Waals surface area contributed by atoms with E-state index in [4.69, 9.17) is 4.74 Å². The van der Waals surface area contributed by atoms with Crippen molar-refractivity contribution in [1.29, 1.82) is 0 Å². The van der Waals surface area contributed by atoms with Gasteiger partial charge in [-0.05, 0) is 42.2 Å². The average molecular weight is 565 g/mol. The molecule has 0 unspecified atom stereocenters. The van der Waals surface area contributed by atoms with E-state index in [1.807, 2.05) is 49.4 Å². The molecular weight excluding hydrogens is 528 g/mol. The minimum Gasteiger partial charge on any atom is -0.465 e. The summed E-state index contributed by atoms with van der Waals surface area (Å²) in [6.45, 7) is 5.39. The van der Waals surface area contributed by atoms with Crippen molar-refractivity contribution in [2.24, 2.45) is 0 Å². The van der Waals surface area contributed by atoms with Gasteiger partial charge in [-0.1, -0.05) is 69.2 Å². The van der Waals surface area contributed by atoms with Crippen molar-refractivity contribution in [3.63, 3.8) is 0 Å².